The van der Waals surface area contributed by atoms with Gasteiger partial charge < -0.3 is 10.3 Å². The van der Waals surface area contributed by atoms with Gasteiger partial charge in [-0.2, -0.15) is 0 Å². The molecule has 0 aliphatic heterocycles. The summed E-state index contributed by atoms with van der Waals surface area (Å²) < 4.78 is 2.27. The standard InChI is InChI=1S/C14H18N2/c1-11(2)6-8-16-9-7-13-12(10-15)4-3-5-14(13)16/h3-5,7,9H,1,6,8,10,15H2,2H3. The molecule has 0 radical (unpaired) electrons. The lowest BCUT2D eigenvalue weighted by Crippen LogP contribution is -1.98. The van der Waals surface area contributed by atoms with Crippen molar-refractivity contribution in [2.75, 3.05) is 0 Å². The maximum atomic E-state index is 5.72. The Hall–Kier alpha value is -1.54. The van der Waals surface area contributed by atoms with Crippen LogP contribution in [0.4, 0.5) is 0 Å². The first kappa shape index (κ1) is 11.0. The van der Waals surface area contributed by atoms with Crippen LogP contribution in [0.5, 0.6) is 0 Å². The summed E-state index contributed by atoms with van der Waals surface area (Å²) in [5, 5.41) is 1.27. The van der Waals surface area contributed by atoms with Crippen molar-refractivity contribution >= 4 is 10.9 Å². The average Bonchev–Trinajstić information content (AvgIpc) is 2.69. The van der Waals surface area contributed by atoms with Gasteiger partial charge in [0.2, 0.25) is 0 Å². The molecule has 0 aliphatic rings. The summed E-state index contributed by atoms with van der Waals surface area (Å²) in [5.41, 5.74) is 9.43. The quantitative estimate of drug-likeness (QED) is 0.779. The Labute approximate surface area is 96.4 Å². The predicted molar refractivity (Wildman–Crippen MR) is 69.3 cm³/mol. The first-order valence-electron chi connectivity index (χ1n) is 5.63. The van der Waals surface area contributed by atoms with Gasteiger partial charge in [0.15, 0.2) is 0 Å². The van der Waals surface area contributed by atoms with E-state index in [2.05, 4.69) is 48.5 Å². The van der Waals surface area contributed by atoms with Crippen LogP contribution in [0, 0.1) is 0 Å². The van der Waals surface area contributed by atoms with Crippen molar-refractivity contribution in [2.24, 2.45) is 5.73 Å². The summed E-state index contributed by atoms with van der Waals surface area (Å²) in [7, 11) is 0. The lowest BCUT2D eigenvalue weighted by molar-refractivity contribution is 0.719. The van der Waals surface area contributed by atoms with E-state index in [0.29, 0.717) is 6.54 Å². The maximum Gasteiger partial charge on any atom is 0.0483 e. The van der Waals surface area contributed by atoms with Crippen molar-refractivity contribution in [3.05, 3.63) is 48.2 Å². The molecule has 2 aromatic rings. The van der Waals surface area contributed by atoms with E-state index >= 15 is 0 Å². The third kappa shape index (κ3) is 2.02. The molecule has 0 aliphatic carbocycles. The molecule has 1 heterocycles. The van der Waals surface area contributed by atoms with Gasteiger partial charge in [-0.25, -0.2) is 0 Å². The molecule has 0 saturated carbocycles. The predicted octanol–water partition coefficient (Wildman–Crippen LogP) is 3.07. The number of fused-ring (bicyclic) bond motifs is 1. The molecule has 0 spiro atoms. The molecule has 2 rings (SSSR count). The van der Waals surface area contributed by atoms with Gasteiger partial charge in [0, 0.05) is 30.2 Å². The van der Waals surface area contributed by atoms with Crippen molar-refractivity contribution in [3.8, 4) is 0 Å². The van der Waals surface area contributed by atoms with Gasteiger partial charge in [-0.05, 0) is 31.0 Å². The van der Waals surface area contributed by atoms with Gasteiger partial charge >= 0.3 is 0 Å². The van der Waals surface area contributed by atoms with Crippen LogP contribution >= 0.6 is 0 Å². The van der Waals surface area contributed by atoms with Gasteiger partial charge in [-0.15, -0.1) is 6.58 Å². The summed E-state index contributed by atoms with van der Waals surface area (Å²) in [4.78, 5) is 0. The fourth-order valence-electron chi connectivity index (χ4n) is 1.97. The molecule has 84 valence electrons. The molecule has 1 aromatic carbocycles. The largest absolute Gasteiger partial charge is 0.347 e. The van der Waals surface area contributed by atoms with E-state index in [4.69, 9.17) is 5.73 Å². The van der Waals surface area contributed by atoms with Crippen LogP contribution in [0.3, 0.4) is 0 Å². The van der Waals surface area contributed by atoms with Crippen molar-refractivity contribution in [1.82, 2.24) is 4.57 Å². The molecule has 0 amide bonds. The molecule has 2 N–H and O–H groups in total. The number of aromatic nitrogens is 1. The van der Waals surface area contributed by atoms with Gasteiger partial charge in [0.25, 0.3) is 0 Å². The molecule has 0 unspecified atom stereocenters. The summed E-state index contributed by atoms with van der Waals surface area (Å²) in [5.74, 6) is 0. The van der Waals surface area contributed by atoms with Gasteiger partial charge in [-0.3, -0.25) is 0 Å². The van der Waals surface area contributed by atoms with E-state index in [-0.39, 0.29) is 0 Å². The van der Waals surface area contributed by atoms with E-state index < -0.39 is 0 Å². The minimum Gasteiger partial charge on any atom is -0.347 e. The van der Waals surface area contributed by atoms with Crippen LogP contribution in [-0.4, -0.2) is 4.57 Å². The highest BCUT2D eigenvalue weighted by atomic mass is 14.9. The molecule has 2 heteroatoms. The minimum atomic E-state index is 0.599. The second kappa shape index (κ2) is 4.54. The third-order valence-electron chi connectivity index (χ3n) is 2.90. The third-order valence-corrected chi connectivity index (χ3v) is 2.90. The van der Waals surface area contributed by atoms with Gasteiger partial charge in [0.05, 0.1) is 0 Å². The lowest BCUT2D eigenvalue weighted by atomic mass is 10.1. The van der Waals surface area contributed by atoms with Crippen LogP contribution < -0.4 is 5.73 Å². The summed E-state index contributed by atoms with van der Waals surface area (Å²) in [6.45, 7) is 7.59. The van der Waals surface area contributed by atoms with Crippen LogP contribution in [-0.2, 0) is 13.1 Å². The van der Waals surface area contributed by atoms with Crippen molar-refractivity contribution in [2.45, 2.75) is 26.4 Å². The number of rotatable bonds is 4. The Bertz CT molecular complexity index is 508. The molecular formula is C14H18N2. The van der Waals surface area contributed by atoms with Crippen molar-refractivity contribution < 1.29 is 0 Å². The van der Waals surface area contributed by atoms with Crippen molar-refractivity contribution in [1.29, 1.82) is 0 Å². The second-order valence-electron chi connectivity index (χ2n) is 4.27. The van der Waals surface area contributed by atoms with E-state index in [1.807, 2.05) is 0 Å². The van der Waals surface area contributed by atoms with Crippen LogP contribution in [0.15, 0.2) is 42.6 Å². The molecule has 0 bridgehead atoms. The number of allylic oxidation sites excluding steroid dienone is 1. The molecule has 0 saturated heterocycles. The number of aryl methyl sites for hydroxylation is 1. The van der Waals surface area contributed by atoms with Gasteiger partial charge in [-0.1, -0.05) is 17.7 Å². The zero-order valence-corrected chi connectivity index (χ0v) is 9.74. The Kier molecular flexibility index (Phi) is 3.11. The highest BCUT2D eigenvalue weighted by Gasteiger charge is 2.03. The fraction of sp³-hybridized carbons (Fsp3) is 0.286. The van der Waals surface area contributed by atoms with E-state index in [1.165, 1.54) is 22.0 Å². The molecule has 0 atom stereocenters. The van der Waals surface area contributed by atoms with Crippen molar-refractivity contribution in [3.63, 3.8) is 0 Å². The highest BCUT2D eigenvalue weighted by Crippen LogP contribution is 2.20. The topological polar surface area (TPSA) is 30.9 Å². The monoisotopic (exact) mass is 214 g/mol. The molecule has 2 nitrogen and oxygen atoms in total. The Morgan fingerprint density at radius 2 is 2.19 bits per heavy atom. The zero-order valence-electron chi connectivity index (χ0n) is 9.74. The normalized spacial score (nSPS) is 10.9. The number of nitrogens with zero attached hydrogens (tertiary/aromatic N) is 1. The smallest absolute Gasteiger partial charge is 0.0483 e. The molecule has 1 aromatic heterocycles. The number of hydrogen-bond donors (Lipinski definition) is 1. The number of benzene rings is 1. The summed E-state index contributed by atoms with van der Waals surface area (Å²) >= 11 is 0. The summed E-state index contributed by atoms with van der Waals surface area (Å²) in [6, 6.07) is 8.45. The van der Waals surface area contributed by atoms with E-state index in [0.717, 1.165) is 13.0 Å². The fourth-order valence-corrected chi connectivity index (χ4v) is 1.97. The van der Waals surface area contributed by atoms with Crippen LogP contribution in [0.1, 0.15) is 18.9 Å². The zero-order chi connectivity index (χ0) is 11.5. The Morgan fingerprint density at radius 3 is 2.88 bits per heavy atom. The second-order valence-corrected chi connectivity index (χ2v) is 4.27. The first-order valence-corrected chi connectivity index (χ1v) is 5.63. The molecule has 0 fully saturated rings. The molecule has 16 heavy (non-hydrogen) atoms. The highest BCUT2D eigenvalue weighted by molar-refractivity contribution is 5.83. The molecular weight excluding hydrogens is 196 g/mol. The Balaban J connectivity index is 2.37. The van der Waals surface area contributed by atoms with Crippen LogP contribution in [0.25, 0.3) is 10.9 Å². The average molecular weight is 214 g/mol. The van der Waals surface area contributed by atoms with E-state index in [1.54, 1.807) is 0 Å². The SMILES string of the molecule is C=C(C)CCn1ccc2c(CN)cccc21. The summed E-state index contributed by atoms with van der Waals surface area (Å²) in [6.07, 6.45) is 3.16. The number of nitrogens with two attached hydrogens (primary N) is 1. The van der Waals surface area contributed by atoms with Gasteiger partial charge in [0.1, 0.15) is 0 Å². The first-order chi connectivity index (χ1) is 7.72. The lowest BCUT2D eigenvalue weighted by Gasteiger charge is -2.06. The van der Waals surface area contributed by atoms with E-state index in [9.17, 15) is 0 Å². The number of hydrogen-bond acceptors (Lipinski definition) is 1. The Morgan fingerprint density at radius 1 is 1.38 bits per heavy atom. The maximum absolute atomic E-state index is 5.72. The minimum absolute atomic E-state index is 0.599. The van der Waals surface area contributed by atoms with Crippen LogP contribution in [0.2, 0.25) is 0 Å².